The molecule has 0 aromatic carbocycles. The van der Waals surface area contributed by atoms with Gasteiger partial charge >= 0.3 is 0 Å². The van der Waals surface area contributed by atoms with Crippen LogP contribution in [0.2, 0.25) is 5.15 Å². The molecule has 0 saturated carbocycles. The number of morpholine rings is 1. The Balaban J connectivity index is 2.07. The van der Waals surface area contributed by atoms with Crippen molar-refractivity contribution >= 4 is 28.5 Å². The predicted octanol–water partition coefficient (Wildman–Crippen LogP) is 0.914. The van der Waals surface area contributed by atoms with E-state index in [1.807, 2.05) is 10.6 Å². The number of halogens is 1. The fourth-order valence-corrected chi connectivity index (χ4v) is 2.49. The van der Waals surface area contributed by atoms with Gasteiger partial charge in [-0.1, -0.05) is 11.6 Å². The van der Waals surface area contributed by atoms with Crippen LogP contribution in [0.1, 0.15) is 0 Å². The third-order valence-electron chi connectivity index (χ3n) is 3.21. The van der Waals surface area contributed by atoms with Gasteiger partial charge in [-0.15, -0.1) is 0 Å². The lowest BCUT2D eigenvalue weighted by Gasteiger charge is -2.29. The summed E-state index contributed by atoms with van der Waals surface area (Å²) in [6.45, 7) is 3.57. The van der Waals surface area contributed by atoms with Crippen LogP contribution in [-0.4, -0.2) is 52.6 Å². The van der Waals surface area contributed by atoms with Gasteiger partial charge in [0.05, 0.1) is 31.8 Å². The lowest BCUT2D eigenvalue weighted by molar-refractivity contribution is 0.123. The van der Waals surface area contributed by atoms with Crippen molar-refractivity contribution in [1.82, 2.24) is 14.5 Å². The summed E-state index contributed by atoms with van der Waals surface area (Å²) in [5, 5.41) is 9.49. The van der Waals surface area contributed by atoms with E-state index in [4.69, 9.17) is 21.4 Å². The van der Waals surface area contributed by atoms with Gasteiger partial charge in [0.1, 0.15) is 10.7 Å². The third-order valence-corrected chi connectivity index (χ3v) is 3.41. The topological polar surface area (TPSA) is 63.4 Å². The Morgan fingerprint density at radius 3 is 2.89 bits per heavy atom. The highest BCUT2D eigenvalue weighted by molar-refractivity contribution is 6.30. The van der Waals surface area contributed by atoms with Crippen LogP contribution in [0.3, 0.4) is 0 Å². The Labute approximate surface area is 115 Å². The summed E-state index contributed by atoms with van der Waals surface area (Å²) in [6, 6.07) is 1.84. The maximum absolute atomic E-state index is 9.05. The second kappa shape index (κ2) is 5.32. The van der Waals surface area contributed by atoms with E-state index in [0.717, 1.165) is 24.3 Å². The molecule has 0 atom stereocenters. The first-order valence-electron chi connectivity index (χ1n) is 6.24. The SMILES string of the molecule is OCCn1cnc2c(N3CCOCC3)cc(Cl)nc21. The molecule has 0 aliphatic carbocycles. The molecule has 0 amide bonds. The van der Waals surface area contributed by atoms with Crippen LogP contribution in [0.5, 0.6) is 0 Å². The van der Waals surface area contributed by atoms with Gasteiger partial charge in [-0.05, 0) is 0 Å². The Bertz CT molecular complexity index is 580. The van der Waals surface area contributed by atoms with E-state index < -0.39 is 0 Å². The lowest BCUT2D eigenvalue weighted by atomic mass is 10.3. The highest BCUT2D eigenvalue weighted by Gasteiger charge is 2.18. The second-order valence-electron chi connectivity index (χ2n) is 4.40. The minimum Gasteiger partial charge on any atom is -0.395 e. The smallest absolute Gasteiger partial charge is 0.163 e. The van der Waals surface area contributed by atoms with Crippen LogP contribution < -0.4 is 4.90 Å². The van der Waals surface area contributed by atoms with Gasteiger partial charge in [0.2, 0.25) is 0 Å². The highest BCUT2D eigenvalue weighted by atomic mass is 35.5. The first-order chi connectivity index (χ1) is 9.29. The number of hydrogen-bond donors (Lipinski definition) is 1. The van der Waals surface area contributed by atoms with Crippen LogP contribution in [0.25, 0.3) is 11.2 Å². The van der Waals surface area contributed by atoms with Gasteiger partial charge in [-0.3, -0.25) is 0 Å². The minimum atomic E-state index is 0.0482. The summed E-state index contributed by atoms with van der Waals surface area (Å²) < 4.78 is 7.17. The van der Waals surface area contributed by atoms with Gasteiger partial charge in [-0.25, -0.2) is 9.97 Å². The summed E-state index contributed by atoms with van der Waals surface area (Å²) in [7, 11) is 0. The molecule has 7 heteroatoms. The van der Waals surface area contributed by atoms with Crippen molar-refractivity contribution in [3.63, 3.8) is 0 Å². The zero-order chi connectivity index (χ0) is 13.2. The van der Waals surface area contributed by atoms with Crippen LogP contribution in [0.15, 0.2) is 12.4 Å². The van der Waals surface area contributed by atoms with Gasteiger partial charge in [0.15, 0.2) is 5.65 Å². The number of rotatable bonds is 3. The zero-order valence-corrected chi connectivity index (χ0v) is 11.2. The Morgan fingerprint density at radius 2 is 2.16 bits per heavy atom. The molecule has 2 aromatic rings. The molecule has 1 N–H and O–H groups in total. The quantitative estimate of drug-likeness (QED) is 0.848. The number of pyridine rings is 1. The first-order valence-corrected chi connectivity index (χ1v) is 6.62. The summed E-state index contributed by atoms with van der Waals surface area (Å²) in [5.41, 5.74) is 2.51. The maximum Gasteiger partial charge on any atom is 0.163 e. The van der Waals surface area contributed by atoms with Crippen molar-refractivity contribution < 1.29 is 9.84 Å². The second-order valence-corrected chi connectivity index (χ2v) is 4.78. The molecular weight excluding hydrogens is 268 g/mol. The number of aliphatic hydroxyl groups excluding tert-OH is 1. The van der Waals surface area contributed by atoms with E-state index in [1.165, 1.54) is 0 Å². The van der Waals surface area contributed by atoms with Crippen molar-refractivity contribution in [3.05, 3.63) is 17.5 Å². The number of hydrogen-bond acceptors (Lipinski definition) is 5. The molecule has 0 bridgehead atoms. The monoisotopic (exact) mass is 282 g/mol. The summed E-state index contributed by atoms with van der Waals surface area (Å²) in [6.07, 6.45) is 1.69. The van der Waals surface area contributed by atoms with Gasteiger partial charge in [0, 0.05) is 25.7 Å². The van der Waals surface area contributed by atoms with Crippen molar-refractivity contribution in [2.45, 2.75) is 6.54 Å². The molecule has 0 radical (unpaired) electrons. The predicted molar refractivity (Wildman–Crippen MR) is 72.7 cm³/mol. The molecule has 6 nitrogen and oxygen atoms in total. The molecule has 19 heavy (non-hydrogen) atoms. The molecular formula is C12H15ClN4O2. The molecule has 3 rings (SSSR count). The number of fused-ring (bicyclic) bond motifs is 1. The van der Waals surface area contributed by atoms with Gasteiger partial charge < -0.3 is 19.3 Å². The molecule has 1 saturated heterocycles. The Kier molecular flexibility index (Phi) is 3.54. The van der Waals surface area contributed by atoms with Crippen molar-refractivity contribution in [2.75, 3.05) is 37.8 Å². The van der Waals surface area contributed by atoms with E-state index in [2.05, 4.69) is 14.9 Å². The van der Waals surface area contributed by atoms with Crippen LogP contribution in [0, 0.1) is 0 Å². The number of aromatic nitrogens is 3. The minimum absolute atomic E-state index is 0.0482. The fourth-order valence-electron chi connectivity index (χ4n) is 2.31. The Morgan fingerprint density at radius 1 is 1.37 bits per heavy atom. The van der Waals surface area contributed by atoms with Crippen molar-refractivity contribution in [2.24, 2.45) is 0 Å². The van der Waals surface area contributed by atoms with E-state index >= 15 is 0 Å². The van der Waals surface area contributed by atoms with Crippen molar-refractivity contribution in [3.8, 4) is 0 Å². The van der Waals surface area contributed by atoms with E-state index in [0.29, 0.717) is 30.6 Å². The molecule has 3 heterocycles. The van der Waals surface area contributed by atoms with Crippen LogP contribution >= 0.6 is 11.6 Å². The van der Waals surface area contributed by atoms with Crippen LogP contribution in [0.4, 0.5) is 5.69 Å². The number of anilines is 1. The molecule has 1 fully saturated rings. The molecule has 0 spiro atoms. The molecule has 102 valence electrons. The molecule has 2 aromatic heterocycles. The van der Waals surface area contributed by atoms with Gasteiger partial charge in [0.25, 0.3) is 0 Å². The fraction of sp³-hybridized carbons (Fsp3) is 0.500. The largest absolute Gasteiger partial charge is 0.395 e. The van der Waals surface area contributed by atoms with E-state index in [1.54, 1.807) is 6.33 Å². The van der Waals surface area contributed by atoms with Crippen molar-refractivity contribution in [1.29, 1.82) is 0 Å². The normalized spacial score (nSPS) is 16.2. The number of nitrogens with zero attached hydrogens (tertiary/aromatic N) is 4. The summed E-state index contributed by atoms with van der Waals surface area (Å²) in [4.78, 5) is 10.9. The number of aliphatic hydroxyl groups is 1. The standard InChI is InChI=1S/C12H15ClN4O2/c13-10-7-9(16-2-5-19-6-3-16)11-12(15-10)17(1-4-18)8-14-11/h7-8,18H,1-6H2. The number of imidazole rings is 1. The molecule has 0 unspecified atom stereocenters. The van der Waals surface area contributed by atoms with E-state index in [-0.39, 0.29) is 6.61 Å². The first kappa shape index (κ1) is 12.7. The Hall–Kier alpha value is -1.37. The number of ether oxygens (including phenoxy) is 1. The highest BCUT2D eigenvalue weighted by Crippen LogP contribution is 2.28. The zero-order valence-electron chi connectivity index (χ0n) is 10.4. The molecule has 1 aliphatic rings. The average Bonchev–Trinajstić information content (AvgIpc) is 2.83. The van der Waals surface area contributed by atoms with Gasteiger partial charge in [-0.2, -0.15) is 0 Å². The summed E-state index contributed by atoms with van der Waals surface area (Å²) >= 11 is 6.10. The lowest BCUT2D eigenvalue weighted by Crippen LogP contribution is -2.36. The maximum atomic E-state index is 9.05. The third kappa shape index (κ3) is 2.39. The molecule has 1 aliphatic heterocycles. The summed E-state index contributed by atoms with van der Waals surface area (Å²) in [5.74, 6) is 0. The average molecular weight is 283 g/mol. The van der Waals surface area contributed by atoms with E-state index in [9.17, 15) is 0 Å². The van der Waals surface area contributed by atoms with Crippen LogP contribution in [-0.2, 0) is 11.3 Å².